The van der Waals surface area contributed by atoms with E-state index in [1.54, 1.807) is 12.1 Å². The fraction of sp³-hybridized carbons (Fsp3) is 0.474. The van der Waals surface area contributed by atoms with Crippen LogP contribution < -0.4 is 11.2 Å². The molecule has 0 unspecified atom stereocenters. The van der Waals surface area contributed by atoms with Gasteiger partial charge in [-0.2, -0.15) is 0 Å². The second-order valence-electron chi connectivity index (χ2n) is 7.30. The van der Waals surface area contributed by atoms with E-state index in [0.717, 1.165) is 5.56 Å². The number of likely N-dealkylation sites (tertiary alicyclic amines) is 1. The lowest BCUT2D eigenvalue weighted by Gasteiger charge is -2.30. The van der Waals surface area contributed by atoms with E-state index in [0.29, 0.717) is 42.3 Å². The van der Waals surface area contributed by atoms with Crippen LogP contribution in [0.5, 0.6) is 0 Å². The zero-order valence-electron chi connectivity index (χ0n) is 15.7. The Kier molecular flexibility index (Phi) is 6.07. The van der Waals surface area contributed by atoms with E-state index in [2.05, 4.69) is 5.43 Å². The number of hydrogen-bond donors (Lipinski definition) is 2. The van der Waals surface area contributed by atoms with E-state index in [-0.39, 0.29) is 5.91 Å². The molecule has 1 aromatic rings. The van der Waals surface area contributed by atoms with Gasteiger partial charge in [-0.3, -0.25) is 24.6 Å². The molecule has 1 heterocycles. The molecule has 1 saturated heterocycles. The number of alkyl halides is 1. The number of halogens is 2. The maximum Gasteiger partial charge on any atom is 0.272 e. The van der Waals surface area contributed by atoms with Gasteiger partial charge >= 0.3 is 0 Å². The second-order valence-corrected chi connectivity index (χ2v) is 7.74. The SMILES string of the molecule is NC(=O)CN(NC(=O)[C@@H]1CCCN1C(=O)C1(c2ccc(Cl)cc2)CC1)C(=O)CF. The minimum atomic E-state index is -1.39. The third kappa shape index (κ3) is 4.34. The van der Waals surface area contributed by atoms with Crippen LogP contribution >= 0.6 is 11.6 Å². The molecule has 0 bridgehead atoms. The van der Waals surface area contributed by atoms with Crippen molar-refractivity contribution >= 4 is 35.2 Å². The lowest BCUT2D eigenvalue weighted by molar-refractivity contribution is -0.148. The summed E-state index contributed by atoms with van der Waals surface area (Å²) in [4.78, 5) is 50.2. The van der Waals surface area contributed by atoms with Gasteiger partial charge in [0.05, 0.1) is 5.41 Å². The number of primary amides is 1. The van der Waals surface area contributed by atoms with Gasteiger partial charge in [-0.15, -0.1) is 0 Å². The average molecular weight is 425 g/mol. The number of nitrogens with zero attached hydrogens (tertiary/aromatic N) is 2. The van der Waals surface area contributed by atoms with E-state index in [1.165, 1.54) is 4.90 Å². The Balaban J connectivity index is 1.74. The highest BCUT2D eigenvalue weighted by atomic mass is 35.5. The summed E-state index contributed by atoms with van der Waals surface area (Å²) in [6.07, 6.45) is 2.37. The lowest BCUT2D eigenvalue weighted by Crippen LogP contribution is -2.56. The van der Waals surface area contributed by atoms with Crippen molar-refractivity contribution in [3.63, 3.8) is 0 Å². The monoisotopic (exact) mass is 424 g/mol. The molecule has 1 aromatic carbocycles. The van der Waals surface area contributed by atoms with Gasteiger partial charge in [0.25, 0.3) is 11.8 Å². The fourth-order valence-corrected chi connectivity index (χ4v) is 3.83. The van der Waals surface area contributed by atoms with Gasteiger partial charge in [0.2, 0.25) is 11.8 Å². The first-order chi connectivity index (χ1) is 13.8. The summed E-state index contributed by atoms with van der Waals surface area (Å²) < 4.78 is 12.7. The Labute approximate surface area is 172 Å². The van der Waals surface area contributed by atoms with Gasteiger partial charge in [-0.25, -0.2) is 9.40 Å². The van der Waals surface area contributed by atoms with Gasteiger partial charge in [-0.05, 0) is 43.4 Å². The molecule has 0 radical (unpaired) electrons. The summed E-state index contributed by atoms with van der Waals surface area (Å²) >= 11 is 5.94. The van der Waals surface area contributed by atoms with Gasteiger partial charge in [-0.1, -0.05) is 23.7 Å². The molecule has 29 heavy (non-hydrogen) atoms. The zero-order chi connectivity index (χ0) is 21.2. The molecule has 3 rings (SSSR count). The van der Waals surface area contributed by atoms with Crippen molar-refractivity contribution in [2.45, 2.75) is 37.1 Å². The van der Waals surface area contributed by atoms with Gasteiger partial charge in [0.15, 0.2) is 6.67 Å². The van der Waals surface area contributed by atoms with Crippen LogP contribution in [0.25, 0.3) is 0 Å². The van der Waals surface area contributed by atoms with Crippen LogP contribution in [-0.2, 0) is 24.6 Å². The molecule has 3 N–H and O–H groups in total. The summed E-state index contributed by atoms with van der Waals surface area (Å²) in [5.41, 5.74) is 7.46. The fourth-order valence-electron chi connectivity index (χ4n) is 3.70. The predicted octanol–water partition coefficient (Wildman–Crippen LogP) is 0.677. The maximum atomic E-state index is 13.3. The van der Waals surface area contributed by atoms with Crippen molar-refractivity contribution < 1.29 is 23.6 Å². The number of hydrogen-bond acceptors (Lipinski definition) is 4. The first-order valence-corrected chi connectivity index (χ1v) is 9.68. The van der Waals surface area contributed by atoms with Crippen LogP contribution in [0.15, 0.2) is 24.3 Å². The Morgan fingerprint density at radius 2 is 1.90 bits per heavy atom. The largest absolute Gasteiger partial charge is 0.368 e. The van der Waals surface area contributed by atoms with Gasteiger partial charge in [0.1, 0.15) is 12.6 Å². The van der Waals surface area contributed by atoms with Crippen LogP contribution in [0, 0.1) is 0 Å². The van der Waals surface area contributed by atoms with Crippen molar-refractivity contribution in [2.24, 2.45) is 5.73 Å². The smallest absolute Gasteiger partial charge is 0.272 e. The van der Waals surface area contributed by atoms with Crippen molar-refractivity contribution in [2.75, 3.05) is 19.8 Å². The molecule has 1 aliphatic heterocycles. The first kappa shape index (κ1) is 21.0. The van der Waals surface area contributed by atoms with E-state index in [1.807, 2.05) is 12.1 Å². The van der Waals surface area contributed by atoms with Crippen LogP contribution in [0.4, 0.5) is 4.39 Å². The molecule has 0 aromatic heterocycles. The average Bonchev–Trinajstić information content (AvgIpc) is 3.35. The summed E-state index contributed by atoms with van der Waals surface area (Å²) in [6, 6.07) is 6.26. The predicted molar refractivity (Wildman–Crippen MR) is 102 cm³/mol. The van der Waals surface area contributed by atoms with Crippen molar-refractivity contribution in [3.8, 4) is 0 Å². The molecule has 0 spiro atoms. The Hall–Kier alpha value is -2.68. The molecule has 1 saturated carbocycles. The standard InChI is InChI=1S/C19H22ClFN4O4/c20-13-5-3-12(4-6-13)19(7-8-19)18(29)24-9-1-2-14(24)17(28)23-25(11-15(22)26)16(27)10-21/h3-6,14H,1-2,7-11H2,(H2,22,26)(H,23,28)/t14-/m0/s1. The molecule has 10 heteroatoms. The Bertz CT molecular complexity index is 828. The number of hydrazine groups is 1. The highest BCUT2D eigenvalue weighted by Gasteiger charge is 2.55. The number of rotatable bonds is 6. The second kappa shape index (κ2) is 8.36. The summed E-state index contributed by atoms with van der Waals surface area (Å²) in [5.74, 6) is -2.79. The molecule has 1 atom stereocenters. The summed E-state index contributed by atoms with van der Waals surface area (Å²) in [6.45, 7) is -1.64. The molecule has 2 aliphatic rings. The van der Waals surface area contributed by atoms with E-state index >= 15 is 0 Å². The summed E-state index contributed by atoms with van der Waals surface area (Å²) in [7, 11) is 0. The number of nitrogens with one attached hydrogen (secondary N) is 1. The number of amides is 4. The molecular formula is C19H22ClFN4O4. The van der Waals surface area contributed by atoms with Crippen molar-refractivity contribution in [3.05, 3.63) is 34.9 Å². The summed E-state index contributed by atoms with van der Waals surface area (Å²) in [5, 5.41) is 1.13. The highest BCUT2D eigenvalue weighted by molar-refractivity contribution is 6.30. The first-order valence-electron chi connectivity index (χ1n) is 9.31. The van der Waals surface area contributed by atoms with E-state index < -0.39 is 42.4 Å². The molecule has 1 aliphatic carbocycles. The lowest BCUT2D eigenvalue weighted by atomic mass is 9.94. The topological polar surface area (TPSA) is 113 Å². The Morgan fingerprint density at radius 3 is 2.45 bits per heavy atom. The third-order valence-corrected chi connectivity index (χ3v) is 5.60. The van der Waals surface area contributed by atoms with E-state index in [9.17, 15) is 23.6 Å². The van der Waals surface area contributed by atoms with Crippen LogP contribution in [0.1, 0.15) is 31.2 Å². The van der Waals surface area contributed by atoms with Gasteiger partial charge in [0, 0.05) is 11.6 Å². The van der Waals surface area contributed by atoms with Crippen LogP contribution in [-0.4, -0.2) is 59.3 Å². The molecular weight excluding hydrogens is 403 g/mol. The molecule has 156 valence electrons. The number of carbonyl (C=O) groups excluding carboxylic acids is 4. The quantitative estimate of drug-likeness (QED) is 0.653. The maximum absolute atomic E-state index is 13.3. The number of benzene rings is 1. The highest BCUT2D eigenvalue weighted by Crippen LogP contribution is 2.50. The van der Waals surface area contributed by atoms with Crippen LogP contribution in [0.3, 0.4) is 0 Å². The van der Waals surface area contributed by atoms with Crippen LogP contribution in [0.2, 0.25) is 5.02 Å². The minimum Gasteiger partial charge on any atom is -0.368 e. The van der Waals surface area contributed by atoms with Crippen molar-refractivity contribution in [1.29, 1.82) is 0 Å². The van der Waals surface area contributed by atoms with E-state index in [4.69, 9.17) is 17.3 Å². The molecule has 4 amide bonds. The van der Waals surface area contributed by atoms with Crippen molar-refractivity contribution in [1.82, 2.24) is 15.3 Å². The minimum absolute atomic E-state index is 0.157. The normalized spacial score (nSPS) is 19.5. The van der Waals surface area contributed by atoms with Gasteiger partial charge < -0.3 is 10.6 Å². The third-order valence-electron chi connectivity index (χ3n) is 5.35. The zero-order valence-corrected chi connectivity index (χ0v) is 16.5. The number of nitrogens with two attached hydrogens (primary N) is 1. The Morgan fingerprint density at radius 1 is 1.24 bits per heavy atom. The molecule has 2 fully saturated rings. The number of carbonyl (C=O) groups is 4. The molecule has 8 nitrogen and oxygen atoms in total.